The number of aliphatic hydroxyl groups excluding tert-OH is 1. The van der Waals surface area contributed by atoms with Crippen molar-refractivity contribution in [3.63, 3.8) is 0 Å². The number of benzene rings is 1. The Bertz CT molecular complexity index is 664. The SMILES string of the molecule is CC(C)c1cnc(-c2ccc(NC(=O)NC(C)C(C)CO)cc2)o1. The second kappa shape index (κ2) is 7.97. The van der Waals surface area contributed by atoms with E-state index in [0.717, 1.165) is 11.3 Å². The van der Waals surface area contributed by atoms with Gasteiger partial charge >= 0.3 is 6.03 Å². The summed E-state index contributed by atoms with van der Waals surface area (Å²) in [6.45, 7) is 7.87. The van der Waals surface area contributed by atoms with E-state index >= 15 is 0 Å². The van der Waals surface area contributed by atoms with Crippen molar-refractivity contribution >= 4 is 11.7 Å². The minimum absolute atomic E-state index is 0.00157. The van der Waals surface area contributed by atoms with Crippen molar-refractivity contribution in [2.45, 2.75) is 39.7 Å². The van der Waals surface area contributed by atoms with Crippen molar-refractivity contribution in [2.75, 3.05) is 11.9 Å². The Kier molecular flexibility index (Phi) is 5.98. The van der Waals surface area contributed by atoms with E-state index in [1.807, 2.05) is 26.0 Å². The van der Waals surface area contributed by atoms with Crippen molar-refractivity contribution < 1.29 is 14.3 Å². The van der Waals surface area contributed by atoms with Crippen LogP contribution in [0.4, 0.5) is 10.5 Å². The van der Waals surface area contributed by atoms with Gasteiger partial charge in [-0.05, 0) is 37.1 Å². The molecule has 0 saturated carbocycles. The van der Waals surface area contributed by atoms with Crippen LogP contribution in [0.1, 0.15) is 39.4 Å². The van der Waals surface area contributed by atoms with E-state index < -0.39 is 0 Å². The van der Waals surface area contributed by atoms with Crippen molar-refractivity contribution in [1.82, 2.24) is 10.3 Å². The topological polar surface area (TPSA) is 87.4 Å². The van der Waals surface area contributed by atoms with E-state index in [9.17, 15) is 4.79 Å². The number of nitrogens with one attached hydrogen (secondary N) is 2. The molecule has 0 saturated heterocycles. The van der Waals surface area contributed by atoms with E-state index in [1.165, 1.54) is 0 Å². The van der Waals surface area contributed by atoms with Crippen LogP contribution in [0, 0.1) is 5.92 Å². The molecule has 1 aromatic carbocycles. The lowest BCUT2D eigenvalue weighted by molar-refractivity contribution is 0.204. The third-order valence-corrected chi connectivity index (χ3v) is 3.98. The van der Waals surface area contributed by atoms with E-state index in [4.69, 9.17) is 9.52 Å². The van der Waals surface area contributed by atoms with Crippen LogP contribution in [0.2, 0.25) is 0 Å². The first kappa shape index (κ1) is 18.0. The van der Waals surface area contributed by atoms with Crippen molar-refractivity contribution in [1.29, 1.82) is 0 Å². The number of amides is 2. The molecular formula is C18H25N3O3. The van der Waals surface area contributed by atoms with Gasteiger partial charge in [-0.2, -0.15) is 0 Å². The van der Waals surface area contributed by atoms with Gasteiger partial charge in [-0.25, -0.2) is 9.78 Å². The summed E-state index contributed by atoms with van der Waals surface area (Å²) < 4.78 is 5.71. The maximum Gasteiger partial charge on any atom is 0.319 e. The van der Waals surface area contributed by atoms with Gasteiger partial charge in [0.1, 0.15) is 5.76 Å². The van der Waals surface area contributed by atoms with Gasteiger partial charge in [0.15, 0.2) is 0 Å². The highest BCUT2D eigenvalue weighted by atomic mass is 16.4. The Balaban J connectivity index is 1.97. The third-order valence-electron chi connectivity index (χ3n) is 3.98. The fourth-order valence-electron chi connectivity index (χ4n) is 2.06. The van der Waals surface area contributed by atoms with Crippen LogP contribution in [0.5, 0.6) is 0 Å². The minimum atomic E-state index is -0.297. The number of urea groups is 1. The van der Waals surface area contributed by atoms with E-state index in [1.54, 1.807) is 18.3 Å². The highest BCUT2D eigenvalue weighted by Crippen LogP contribution is 2.24. The monoisotopic (exact) mass is 331 g/mol. The third kappa shape index (κ3) is 4.58. The molecule has 2 amide bonds. The molecule has 2 atom stereocenters. The van der Waals surface area contributed by atoms with Gasteiger partial charge in [-0.1, -0.05) is 20.8 Å². The van der Waals surface area contributed by atoms with E-state index in [-0.39, 0.29) is 24.6 Å². The maximum atomic E-state index is 11.9. The molecule has 3 N–H and O–H groups in total. The van der Waals surface area contributed by atoms with E-state index in [0.29, 0.717) is 17.5 Å². The molecule has 2 aromatic rings. The lowest BCUT2D eigenvalue weighted by Crippen LogP contribution is -2.40. The molecule has 6 nitrogen and oxygen atoms in total. The van der Waals surface area contributed by atoms with Crippen LogP contribution >= 0.6 is 0 Å². The van der Waals surface area contributed by atoms with Crippen LogP contribution < -0.4 is 10.6 Å². The number of anilines is 1. The highest BCUT2D eigenvalue weighted by molar-refractivity contribution is 5.89. The first-order valence-electron chi connectivity index (χ1n) is 8.15. The van der Waals surface area contributed by atoms with Gasteiger partial charge in [0.05, 0.1) is 6.20 Å². The Labute approximate surface area is 142 Å². The zero-order valence-corrected chi connectivity index (χ0v) is 14.5. The quantitative estimate of drug-likeness (QED) is 0.754. The second-order valence-corrected chi connectivity index (χ2v) is 6.35. The first-order valence-corrected chi connectivity index (χ1v) is 8.15. The molecule has 6 heteroatoms. The number of nitrogens with zero attached hydrogens (tertiary/aromatic N) is 1. The standard InChI is InChI=1S/C18H25N3O3/c1-11(2)16-9-19-17(24-16)14-5-7-15(8-6-14)21-18(23)20-13(4)12(3)10-22/h5-9,11-13,22H,10H2,1-4H3,(H2,20,21,23). The summed E-state index contributed by atoms with van der Waals surface area (Å²) >= 11 is 0. The molecule has 130 valence electrons. The zero-order chi connectivity index (χ0) is 17.7. The van der Waals surface area contributed by atoms with Crippen LogP contribution in [0.3, 0.4) is 0 Å². The highest BCUT2D eigenvalue weighted by Gasteiger charge is 2.14. The Morgan fingerprint density at radius 1 is 1.21 bits per heavy atom. The maximum absolute atomic E-state index is 11.9. The largest absolute Gasteiger partial charge is 0.441 e. The van der Waals surface area contributed by atoms with Gasteiger partial charge in [-0.15, -0.1) is 0 Å². The Morgan fingerprint density at radius 2 is 1.88 bits per heavy atom. The summed E-state index contributed by atoms with van der Waals surface area (Å²) in [7, 11) is 0. The van der Waals surface area contributed by atoms with Crippen LogP contribution in [0.25, 0.3) is 11.5 Å². The molecule has 0 fully saturated rings. The number of aliphatic hydroxyl groups is 1. The van der Waals surface area contributed by atoms with Gasteiger partial charge in [0, 0.05) is 29.8 Å². The average Bonchev–Trinajstić information content (AvgIpc) is 3.04. The zero-order valence-electron chi connectivity index (χ0n) is 14.5. The van der Waals surface area contributed by atoms with Gasteiger partial charge in [0.25, 0.3) is 0 Å². The number of oxazole rings is 1. The van der Waals surface area contributed by atoms with Gasteiger partial charge in [0.2, 0.25) is 5.89 Å². The summed E-state index contributed by atoms with van der Waals surface area (Å²) in [6, 6.07) is 6.89. The lowest BCUT2D eigenvalue weighted by Gasteiger charge is -2.19. The van der Waals surface area contributed by atoms with Gasteiger partial charge in [-0.3, -0.25) is 0 Å². The van der Waals surface area contributed by atoms with Crippen LogP contribution in [-0.4, -0.2) is 28.8 Å². The predicted molar refractivity (Wildman–Crippen MR) is 93.9 cm³/mol. The predicted octanol–water partition coefficient (Wildman–Crippen LogP) is 3.60. The molecule has 2 rings (SSSR count). The summed E-state index contributed by atoms with van der Waals surface area (Å²) in [4.78, 5) is 16.2. The molecule has 1 aromatic heterocycles. The molecule has 0 aliphatic carbocycles. The summed E-state index contributed by atoms with van der Waals surface area (Å²) in [5.74, 6) is 1.70. The molecule has 1 heterocycles. The van der Waals surface area contributed by atoms with Crippen molar-refractivity contribution in [3.8, 4) is 11.5 Å². The summed E-state index contributed by atoms with van der Waals surface area (Å²) in [5, 5.41) is 14.7. The number of hydrogen-bond acceptors (Lipinski definition) is 4. The van der Waals surface area contributed by atoms with Crippen molar-refractivity contribution in [3.05, 3.63) is 36.2 Å². The smallest absolute Gasteiger partial charge is 0.319 e. The minimum Gasteiger partial charge on any atom is -0.441 e. The van der Waals surface area contributed by atoms with Crippen LogP contribution in [0.15, 0.2) is 34.9 Å². The number of carbonyl (C=O) groups excluding carboxylic acids is 1. The summed E-state index contributed by atoms with van der Waals surface area (Å²) in [6.07, 6.45) is 1.74. The Hall–Kier alpha value is -2.34. The lowest BCUT2D eigenvalue weighted by atomic mass is 10.1. The molecule has 2 unspecified atom stereocenters. The number of aromatic nitrogens is 1. The fraction of sp³-hybridized carbons (Fsp3) is 0.444. The normalized spacial score (nSPS) is 13.6. The molecular weight excluding hydrogens is 306 g/mol. The van der Waals surface area contributed by atoms with Crippen molar-refractivity contribution in [2.24, 2.45) is 5.92 Å². The number of hydrogen-bond donors (Lipinski definition) is 3. The van der Waals surface area contributed by atoms with Crippen LogP contribution in [-0.2, 0) is 0 Å². The molecule has 0 radical (unpaired) electrons. The second-order valence-electron chi connectivity index (χ2n) is 6.35. The molecule has 0 aliphatic rings. The molecule has 0 spiro atoms. The molecule has 0 aliphatic heterocycles. The first-order chi connectivity index (χ1) is 11.4. The van der Waals surface area contributed by atoms with E-state index in [2.05, 4.69) is 29.5 Å². The summed E-state index contributed by atoms with van der Waals surface area (Å²) in [5.41, 5.74) is 1.53. The average molecular weight is 331 g/mol. The molecule has 24 heavy (non-hydrogen) atoms. The fourth-order valence-corrected chi connectivity index (χ4v) is 2.06. The number of rotatable bonds is 6. The number of carbonyl (C=O) groups is 1. The molecule has 0 bridgehead atoms. The Morgan fingerprint density at radius 3 is 2.42 bits per heavy atom. The van der Waals surface area contributed by atoms with Gasteiger partial charge < -0.3 is 20.2 Å².